The fourth-order valence-corrected chi connectivity index (χ4v) is 3.14. The zero-order valence-electron chi connectivity index (χ0n) is 11.5. The zero-order chi connectivity index (χ0) is 15.0. The lowest BCUT2D eigenvalue weighted by Gasteiger charge is -2.27. The molecule has 0 unspecified atom stereocenters. The Morgan fingerprint density at radius 1 is 1.14 bits per heavy atom. The Bertz CT molecular complexity index is 742. The summed E-state index contributed by atoms with van der Waals surface area (Å²) in [5.41, 5.74) is -0.0775. The summed E-state index contributed by atoms with van der Waals surface area (Å²) in [7, 11) is 0. The highest BCUT2D eigenvalue weighted by Gasteiger charge is 2.27. The van der Waals surface area contributed by atoms with E-state index in [1.54, 1.807) is 22.9 Å². The van der Waals surface area contributed by atoms with Gasteiger partial charge in [-0.15, -0.1) is 0 Å². The highest BCUT2D eigenvalue weighted by Crippen LogP contribution is 2.32. The predicted octanol–water partition coefficient (Wildman–Crippen LogP) is 2.52. The number of carbonyl (C=O) groups is 1. The normalized spacial score (nSPS) is 22.3. The molecule has 1 aliphatic carbocycles. The maximum atomic E-state index is 12.5. The molecule has 0 atom stereocenters. The van der Waals surface area contributed by atoms with Gasteiger partial charge in [-0.05, 0) is 55.3 Å². The lowest BCUT2D eigenvalue weighted by atomic mass is 9.86. The minimum Gasteiger partial charge on any atom is -0.508 e. The quantitative estimate of drug-likeness (QED) is 0.889. The van der Waals surface area contributed by atoms with E-state index in [0.29, 0.717) is 31.1 Å². The van der Waals surface area contributed by atoms with Gasteiger partial charge < -0.3 is 14.8 Å². The highest BCUT2D eigenvalue weighted by molar-refractivity contribution is 5.82. The summed E-state index contributed by atoms with van der Waals surface area (Å²) >= 11 is 0. The van der Waals surface area contributed by atoms with Gasteiger partial charge in [-0.3, -0.25) is 9.59 Å². The molecule has 0 amide bonds. The van der Waals surface area contributed by atoms with E-state index in [-0.39, 0.29) is 23.3 Å². The van der Waals surface area contributed by atoms with E-state index in [1.807, 2.05) is 6.07 Å². The van der Waals surface area contributed by atoms with Gasteiger partial charge in [0, 0.05) is 17.6 Å². The minimum atomic E-state index is -0.741. The number of hydrogen-bond acceptors (Lipinski definition) is 3. The van der Waals surface area contributed by atoms with Crippen LogP contribution < -0.4 is 5.56 Å². The van der Waals surface area contributed by atoms with E-state index >= 15 is 0 Å². The average molecular weight is 287 g/mol. The van der Waals surface area contributed by atoms with Gasteiger partial charge >= 0.3 is 5.97 Å². The van der Waals surface area contributed by atoms with Crippen molar-refractivity contribution in [1.29, 1.82) is 0 Å². The number of aliphatic carboxylic acids is 1. The van der Waals surface area contributed by atoms with Crippen molar-refractivity contribution in [2.24, 2.45) is 5.92 Å². The monoisotopic (exact) mass is 287 g/mol. The minimum absolute atomic E-state index is 0.0614. The summed E-state index contributed by atoms with van der Waals surface area (Å²) < 4.78 is 1.71. The first kappa shape index (κ1) is 13.7. The van der Waals surface area contributed by atoms with Crippen molar-refractivity contribution in [1.82, 2.24) is 4.57 Å². The molecule has 1 aromatic carbocycles. The van der Waals surface area contributed by atoms with Gasteiger partial charge in [0.2, 0.25) is 0 Å². The van der Waals surface area contributed by atoms with Crippen LogP contribution in [-0.4, -0.2) is 20.7 Å². The van der Waals surface area contributed by atoms with Crippen LogP contribution in [0.25, 0.3) is 10.8 Å². The molecule has 110 valence electrons. The number of aromatic hydroxyl groups is 1. The maximum Gasteiger partial charge on any atom is 0.306 e. The van der Waals surface area contributed by atoms with E-state index in [2.05, 4.69) is 0 Å². The second kappa shape index (κ2) is 5.24. The van der Waals surface area contributed by atoms with Gasteiger partial charge in [0.05, 0.1) is 5.92 Å². The van der Waals surface area contributed by atoms with Crippen LogP contribution in [0.15, 0.2) is 35.3 Å². The topological polar surface area (TPSA) is 79.5 Å². The van der Waals surface area contributed by atoms with Crippen molar-refractivity contribution in [2.75, 3.05) is 0 Å². The summed E-state index contributed by atoms with van der Waals surface area (Å²) in [5, 5.41) is 19.8. The van der Waals surface area contributed by atoms with Crippen LogP contribution in [0.5, 0.6) is 5.75 Å². The Morgan fingerprint density at radius 3 is 2.52 bits per heavy atom. The number of phenols is 1. The van der Waals surface area contributed by atoms with Crippen molar-refractivity contribution in [3.63, 3.8) is 0 Å². The Morgan fingerprint density at radius 2 is 1.86 bits per heavy atom. The van der Waals surface area contributed by atoms with Gasteiger partial charge in [-0.25, -0.2) is 0 Å². The maximum absolute atomic E-state index is 12.5. The molecule has 0 bridgehead atoms. The number of carboxylic acids is 1. The molecule has 3 rings (SSSR count). The summed E-state index contributed by atoms with van der Waals surface area (Å²) in [4.78, 5) is 23.5. The molecule has 21 heavy (non-hydrogen) atoms. The van der Waals surface area contributed by atoms with Crippen molar-refractivity contribution < 1.29 is 15.0 Å². The number of rotatable bonds is 2. The van der Waals surface area contributed by atoms with Crippen molar-refractivity contribution in [3.05, 3.63) is 40.8 Å². The van der Waals surface area contributed by atoms with E-state index in [4.69, 9.17) is 5.11 Å². The third kappa shape index (κ3) is 2.51. The summed E-state index contributed by atoms with van der Waals surface area (Å²) in [5.74, 6) is -0.884. The van der Waals surface area contributed by atoms with Crippen LogP contribution in [0.1, 0.15) is 31.7 Å². The molecule has 5 nitrogen and oxygen atoms in total. The van der Waals surface area contributed by atoms with Crippen molar-refractivity contribution >= 4 is 16.7 Å². The molecule has 5 heteroatoms. The van der Waals surface area contributed by atoms with Crippen LogP contribution in [0.4, 0.5) is 0 Å². The molecule has 1 heterocycles. The molecule has 0 saturated heterocycles. The largest absolute Gasteiger partial charge is 0.508 e. The number of fused-ring (bicyclic) bond motifs is 1. The zero-order valence-corrected chi connectivity index (χ0v) is 11.5. The number of carboxylic acid groups (broad SMARTS) is 1. The van der Waals surface area contributed by atoms with Crippen molar-refractivity contribution in [2.45, 2.75) is 31.7 Å². The van der Waals surface area contributed by atoms with E-state index in [0.717, 1.165) is 5.39 Å². The Kier molecular flexibility index (Phi) is 3.41. The molecule has 0 spiro atoms. The van der Waals surface area contributed by atoms with Crippen LogP contribution in [-0.2, 0) is 4.79 Å². The fourth-order valence-electron chi connectivity index (χ4n) is 3.14. The molecular formula is C16H17NO4. The lowest BCUT2D eigenvalue weighted by molar-refractivity contribution is -0.143. The number of phenolic OH excluding ortho intramolecular Hbond substituents is 1. The Hall–Kier alpha value is -2.30. The molecule has 1 saturated carbocycles. The molecule has 2 aromatic rings. The first-order valence-corrected chi connectivity index (χ1v) is 7.13. The number of pyridine rings is 1. The SMILES string of the molecule is O=C(O)C1CCC(n2ccc3cc(O)ccc3c2=O)CC1. The summed E-state index contributed by atoms with van der Waals surface area (Å²) in [6, 6.07) is 6.59. The molecular weight excluding hydrogens is 270 g/mol. The van der Waals surface area contributed by atoms with E-state index in [9.17, 15) is 14.7 Å². The third-order valence-corrected chi connectivity index (χ3v) is 4.35. The standard InChI is InChI=1S/C16H17NO4/c18-13-5-6-14-11(9-13)7-8-17(15(14)19)12-3-1-10(2-4-12)16(20)21/h5-10,12,18H,1-4H2,(H,20,21). The molecule has 1 aliphatic rings. The van der Waals surface area contributed by atoms with Gasteiger partial charge in [0.1, 0.15) is 5.75 Å². The molecule has 0 aliphatic heterocycles. The molecule has 1 fully saturated rings. The van der Waals surface area contributed by atoms with Crippen LogP contribution >= 0.6 is 0 Å². The molecule has 1 aromatic heterocycles. The first-order chi connectivity index (χ1) is 10.1. The van der Waals surface area contributed by atoms with Crippen LogP contribution in [0.3, 0.4) is 0 Å². The Labute approximate surface area is 121 Å². The highest BCUT2D eigenvalue weighted by atomic mass is 16.4. The smallest absolute Gasteiger partial charge is 0.306 e. The molecule has 0 radical (unpaired) electrons. The van der Waals surface area contributed by atoms with Gasteiger partial charge in [-0.2, -0.15) is 0 Å². The average Bonchev–Trinajstić information content (AvgIpc) is 2.47. The first-order valence-electron chi connectivity index (χ1n) is 7.13. The van der Waals surface area contributed by atoms with Crippen LogP contribution in [0.2, 0.25) is 0 Å². The number of hydrogen-bond donors (Lipinski definition) is 2. The predicted molar refractivity (Wildman–Crippen MR) is 78.5 cm³/mol. The fraction of sp³-hybridized carbons (Fsp3) is 0.375. The second-order valence-electron chi connectivity index (χ2n) is 5.64. The third-order valence-electron chi connectivity index (χ3n) is 4.35. The second-order valence-corrected chi connectivity index (χ2v) is 5.64. The lowest BCUT2D eigenvalue weighted by Crippen LogP contribution is -2.29. The van der Waals surface area contributed by atoms with Gasteiger partial charge in [-0.1, -0.05) is 0 Å². The van der Waals surface area contributed by atoms with E-state index < -0.39 is 5.97 Å². The molecule has 2 N–H and O–H groups in total. The van der Waals surface area contributed by atoms with E-state index in [1.165, 1.54) is 6.07 Å². The van der Waals surface area contributed by atoms with Gasteiger partial charge in [0.15, 0.2) is 0 Å². The number of benzene rings is 1. The Balaban J connectivity index is 1.92. The van der Waals surface area contributed by atoms with Crippen molar-refractivity contribution in [3.8, 4) is 5.75 Å². The summed E-state index contributed by atoms with van der Waals surface area (Å²) in [6.07, 6.45) is 4.39. The summed E-state index contributed by atoms with van der Waals surface area (Å²) in [6.45, 7) is 0. The van der Waals surface area contributed by atoms with Crippen LogP contribution in [0, 0.1) is 5.92 Å². The number of nitrogens with zero attached hydrogens (tertiary/aromatic N) is 1. The van der Waals surface area contributed by atoms with Gasteiger partial charge in [0.25, 0.3) is 5.56 Å². The number of aromatic nitrogens is 1.